The zero-order valence-corrected chi connectivity index (χ0v) is 15.3. The van der Waals surface area contributed by atoms with Crippen molar-refractivity contribution >= 4 is 36.3 Å². The molecule has 0 aliphatic carbocycles. The lowest BCUT2D eigenvalue weighted by Gasteiger charge is -2.28. The molecule has 0 spiro atoms. The summed E-state index contributed by atoms with van der Waals surface area (Å²) in [5.74, 6) is -2.89. The zero-order chi connectivity index (χ0) is 19.1. The highest BCUT2D eigenvalue weighted by atomic mass is 32.1. The van der Waals surface area contributed by atoms with Crippen molar-refractivity contribution in [2.75, 3.05) is 18.8 Å². The molecule has 0 aromatic heterocycles. The highest BCUT2D eigenvalue weighted by Crippen LogP contribution is 2.18. The number of carbonyl (C=O) groups is 4. The Labute approximate surface area is 152 Å². The van der Waals surface area contributed by atoms with E-state index in [0.29, 0.717) is 19.4 Å². The van der Waals surface area contributed by atoms with E-state index in [2.05, 4.69) is 23.3 Å². The summed E-state index contributed by atoms with van der Waals surface area (Å²) in [4.78, 5) is 49.1. The molecule has 3 atom stereocenters. The van der Waals surface area contributed by atoms with E-state index in [9.17, 15) is 19.2 Å². The predicted octanol–water partition coefficient (Wildman–Crippen LogP) is -1.42. The van der Waals surface area contributed by atoms with Crippen LogP contribution < -0.4 is 16.4 Å². The molecular weight excluding hydrogens is 348 g/mol. The van der Waals surface area contributed by atoms with E-state index >= 15 is 0 Å². The maximum Gasteiger partial charge on any atom is 0.327 e. The molecular formula is C15H26N4O5S. The number of aliphatic carboxylic acids is 1. The van der Waals surface area contributed by atoms with Gasteiger partial charge in [0.1, 0.15) is 18.1 Å². The molecule has 3 unspecified atom stereocenters. The Hall–Kier alpha value is -1.81. The van der Waals surface area contributed by atoms with Crippen molar-refractivity contribution in [1.82, 2.24) is 15.5 Å². The fourth-order valence-corrected chi connectivity index (χ4v) is 2.93. The van der Waals surface area contributed by atoms with Gasteiger partial charge in [0.2, 0.25) is 17.7 Å². The van der Waals surface area contributed by atoms with Gasteiger partial charge in [0, 0.05) is 12.3 Å². The molecule has 1 saturated heterocycles. The van der Waals surface area contributed by atoms with E-state index in [4.69, 9.17) is 10.8 Å². The van der Waals surface area contributed by atoms with E-state index in [1.54, 1.807) is 13.8 Å². The summed E-state index contributed by atoms with van der Waals surface area (Å²) in [6.07, 6.45) is 1.18. The van der Waals surface area contributed by atoms with Crippen molar-refractivity contribution < 1.29 is 24.3 Å². The van der Waals surface area contributed by atoms with Gasteiger partial charge in [-0.2, -0.15) is 12.6 Å². The number of likely N-dealkylation sites (tertiary alicyclic amines) is 1. The number of nitrogens with two attached hydrogens (primary N) is 1. The summed E-state index contributed by atoms with van der Waals surface area (Å²) in [7, 11) is 0. The van der Waals surface area contributed by atoms with Gasteiger partial charge >= 0.3 is 5.97 Å². The van der Waals surface area contributed by atoms with Gasteiger partial charge in [0.15, 0.2) is 0 Å². The van der Waals surface area contributed by atoms with Crippen molar-refractivity contribution in [2.24, 2.45) is 11.7 Å². The van der Waals surface area contributed by atoms with Crippen molar-refractivity contribution in [1.29, 1.82) is 0 Å². The van der Waals surface area contributed by atoms with Crippen LogP contribution in [0.5, 0.6) is 0 Å². The Morgan fingerprint density at radius 3 is 2.40 bits per heavy atom. The number of carbonyl (C=O) groups excluding carboxylic acids is 3. The lowest BCUT2D eigenvalue weighted by atomic mass is 10.0. The Morgan fingerprint density at radius 2 is 1.92 bits per heavy atom. The van der Waals surface area contributed by atoms with Gasteiger partial charge in [-0.1, -0.05) is 13.8 Å². The van der Waals surface area contributed by atoms with E-state index in [1.807, 2.05) is 0 Å². The van der Waals surface area contributed by atoms with Crippen molar-refractivity contribution in [3.63, 3.8) is 0 Å². The minimum absolute atomic E-state index is 0.0682. The fraction of sp³-hybridized carbons (Fsp3) is 0.733. The standard InChI is InChI=1S/C15H26N4O5S/c1-8(2)12(14(22)17-9(7-25)15(23)24)18-13(21)10-4-3-5-19(10)11(20)6-16/h8-10,12,25H,3-7,16H2,1-2H3,(H,17,22)(H,18,21)(H,23,24). The van der Waals surface area contributed by atoms with Crippen LogP contribution in [0.4, 0.5) is 0 Å². The highest BCUT2D eigenvalue weighted by molar-refractivity contribution is 7.80. The summed E-state index contributed by atoms with van der Waals surface area (Å²) in [5.41, 5.74) is 5.36. The van der Waals surface area contributed by atoms with Crippen LogP contribution in [0.25, 0.3) is 0 Å². The van der Waals surface area contributed by atoms with Crippen LogP contribution in [-0.2, 0) is 19.2 Å². The molecule has 9 nitrogen and oxygen atoms in total. The number of carboxylic acids is 1. The molecule has 1 aliphatic rings. The van der Waals surface area contributed by atoms with Crippen LogP contribution in [0.3, 0.4) is 0 Å². The van der Waals surface area contributed by atoms with Crippen LogP contribution in [0.1, 0.15) is 26.7 Å². The first-order valence-corrected chi connectivity index (χ1v) is 8.80. The van der Waals surface area contributed by atoms with Gasteiger partial charge in [0.05, 0.1) is 6.54 Å². The Bertz CT molecular complexity index is 528. The van der Waals surface area contributed by atoms with Gasteiger partial charge in [0.25, 0.3) is 0 Å². The average Bonchev–Trinajstić information content (AvgIpc) is 3.05. The van der Waals surface area contributed by atoms with E-state index in [-0.39, 0.29) is 24.1 Å². The second kappa shape index (κ2) is 9.62. The summed E-state index contributed by atoms with van der Waals surface area (Å²) in [6.45, 7) is 3.74. The summed E-state index contributed by atoms with van der Waals surface area (Å²) < 4.78 is 0. The molecule has 0 aromatic carbocycles. The normalized spacial score (nSPS) is 19.4. The van der Waals surface area contributed by atoms with Crippen molar-refractivity contribution in [3.05, 3.63) is 0 Å². The van der Waals surface area contributed by atoms with Crippen LogP contribution >= 0.6 is 12.6 Å². The van der Waals surface area contributed by atoms with Crippen LogP contribution in [0.2, 0.25) is 0 Å². The number of carboxylic acid groups (broad SMARTS) is 1. The molecule has 5 N–H and O–H groups in total. The summed E-state index contributed by atoms with van der Waals surface area (Å²) in [6, 6.07) is -2.72. The molecule has 142 valence electrons. The summed E-state index contributed by atoms with van der Waals surface area (Å²) >= 11 is 3.90. The Kier molecular flexibility index (Phi) is 8.17. The maximum atomic E-state index is 12.5. The lowest BCUT2D eigenvalue weighted by molar-refractivity contribution is -0.142. The summed E-state index contributed by atoms with van der Waals surface area (Å²) in [5, 5.41) is 14.0. The third-order valence-corrected chi connectivity index (χ3v) is 4.46. The topological polar surface area (TPSA) is 142 Å². The lowest BCUT2D eigenvalue weighted by Crippen LogP contribution is -2.57. The molecule has 25 heavy (non-hydrogen) atoms. The van der Waals surface area contributed by atoms with Crippen LogP contribution in [0.15, 0.2) is 0 Å². The molecule has 1 heterocycles. The van der Waals surface area contributed by atoms with Gasteiger partial charge in [-0.25, -0.2) is 4.79 Å². The van der Waals surface area contributed by atoms with E-state index < -0.39 is 35.9 Å². The number of hydrogen-bond acceptors (Lipinski definition) is 6. The van der Waals surface area contributed by atoms with Crippen molar-refractivity contribution in [2.45, 2.75) is 44.8 Å². The second-order valence-corrected chi connectivity index (χ2v) is 6.63. The number of nitrogens with one attached hydrogen (secondary N) is 2. The molecule has 1 aliphatic heterocycles. The largest absolute Gasteiger partial charge is 0.480 e. The van der Waals surface area contributed by atoms with Gasteiger partial charge < -0.3 is 26.4 Å². The predicted molar refractivity (Wildman–Crippen MR) is 94.0 cm³/mol. The highest BCUT2D eigenvalue weighted by Gasteiger charge is 2.36. The van der Waals surface area contributed by atoms with Crippen LogP contribution in [-0.4, -0.2) is 70.7 Å². The molecule has 3 amide bonds. The smallest absolute Gasteiger partial charge is 0.327 e. The molecule has 1 rings (SSSR count). The van der Waals surface area contributed by atoms with Gasteiger partial charge in [-0.3, -0.25) is 14.4 Å². The Balaban J connectivity index is 2.80. The van der Waals surface area contributed by atoms with E-state index in [1.165, 1.54) is 4.90 Å². The number of rotatable bonds is 8. The third-order valence-electron chi connectivity index (χ3n) is 4.09. The van der Waals surface area contributed by atoms with Gasteiger partial charge in [-0.05, 0) is 18.8 Å². The average molecular weight is 374 g/mol. The SMILES string of the molecule is CC(C)C(NC(=O)C1CCCN1C(=O)CN)C(=O)NC(CS)C(=O)O. The number of amides is 3. The molecule has 0 saturated carbocycles. The maximum absolute atomic E-state index is 12.5. The first-order valence-electron chi connectivity index (χ1n) is 8.16. The first-order chi connectivity index (χ1) is 11.7. The number of hydrogen-bond donors (Lipinski definition) is 5. The Morgan fingerprint density at radius 1 is 1.28 bits per heavy atom. The minimum Gasteiger partial charge on any atom is -0.480 e. The van der Waals surface area contributed by atoms with E-state index in [0.717, 1.165) is 0 Å². The quantitative estimate of drug-likeness (QED) is 0.330. The molecule has 10 heteroatoms. The number of nitrogens with zero attached hydrogens (tertiary/aromatic N) is 1. The molecule has 1 fully saturated rings. The molecule has 0 bridgehead atoms. The first kappa shape index (κ1) is 21.2. The van der Waals surface area contributed by atoms with Crippen molar-refractivity contribution in [3.8, 4) is 0 Å². The zero-order valence-electron chi connectivity index (χ0n) is 14.4. The molecule has 0 aromatic rings. The molecule has 0 radical (unpaired) electrons. The van der Waals surface area contributed by atoms with Gasteiger partial charge in [-0.15, -0.1) is 0 Å². The fourth-order valence-electron chi connectivity index (χ4n) is 2.69. The van der Waals surface area contributed by atoms with Crippen LogP contribution in [0, 0.1) is 5.92 Å². The minimum atomic E-state index is -1.20. The monoisotopic (exact) mass is 374 g/mol. The third kappa shape index (κ3) is 5.60. The second-order valence-electron chi connectivity index (χ2n) is 6.26. The number of thiol groups is 1.